The number of unbranched alkanes of at least 4 members (excludes halogenated alkanes) is 6. The summed E-state index contributed by atoms with van der Waals surface area (Å²) in [7, 11) is 0. The van der Waals surface area contributed by atoms with Crippen LogP contribution >= 0.6 is 23.2 Å². The van der Waals surface area contributed by atoms with Gasteiger partial charge in [-0.3, -0.25) is 43.8 Å². The number of fused-ring (bicyclic) bond motifs is 2. The summed E-state index contributed by atoms with van der Waals surface area (Å²) in [6.07, 6.45) is 6.20. The Hall–Kier alpha value is -6.66. The lowest BCUT2D eigenvalue weighted by Gasteiger charge is -2.44. The molecule has 4 aliphatic rings. The predicted molar refractivity (Wildman–Crippen MR) is 250 cm³/mol. The van der Waals surface area contributed by atoms with E-state index in [4.69, 9.17) is 27.9 Å². The van der Waals surface area contributed by atoms with Gasteiger partial charge in [0.15, 0.2) is 17.3 Å². The van der Waals surface area contributed by atoms with E-state index in [2.05, 4.69) is 31.5 Å². The molecule has 3 aromatic carbocycles. The van der Waals surface area contributed by atoms with Crippen molar-refractivity contribution in [2.45, 2.75) is 102 Å². The topological polar surface area (TPSA) is 212 Å². The Morgan fingerprint density at radius 1 is 0.868 bits per heavy atom. The summed E-state index contributed by atoms with van der Waals surface area (Å²) in [6.45, 7) is 5.28. The van der Waals surface area contributed by atoms with Gasteiger partial charge in [0.05, 0.1) is 26.7 Å². The van der Waals surface area contributed by atoms with Crippen molar-refractivity contribution in [1.29, 1.82) is 0 Å². The van der Waals surface area contributed by atoms with Crippen LogP contribution in [0.1, 0.15) is 131 Å². The minimum Gasteiger partial charge on any atom is -0.462 e. The number of piperidine rings is 1. The molecule has 17 nitrogen and oxygen atoms in total. The number of nitrogens with zero attached hydrogens (tertiary/aromatic N) is 5. The minimum atomic E-state index is -1.01. The quantitative estimate of drug-likeness (QED) is 0.0493. The summed E-state index contributed by atoms with van der Waals surface area (Å²) in [4.78, 5) is 95.1. The summed E-state index contributed by atoms with van der Waals surface area (Å²) in [5, 5.41) is 19.2. The molecule has 68 heavy (non-hydrogen) atoms. The van der Waals surface area contributed by atoms with Gasteiger partial charge in [0.25, 0.3) is 23.6 Å². The normalized spacial score (nSPS) is 19.8. The highest BCUT2D eigenvalue weighted by atomic mass is 35.5. The van der Waals surface area contributed by atoms with Crippen LogP contribution in [0.25, 0.3) is 0 Å². The monoisotopic (exact) mass is 969 g/mol. The molecular weight excluding hydrogens is 920 g/mol. The number of nitrogens with one attached hydrogen (secondary N) is 4. The second-order valence-corrected chi connectivity index (χ2v) is 18.2. The van der Waals surface area contributed by atoms with Gasteiger partial charge < -0.3 is 30.5 Å². The molecule has 356 valence electrons. The van der Waals surface area contributed by atoms with Crippen molar-refractivity contribution in [3.05, 3.63) is 104 Å². The number of hydrogen-bond donors (Lipinski definition) is 4. The highest BCUT2D eigenvalue weighted by molar-refractivity contribution is 6.36. The van der Waals surface area contributed by atoms with Crippen molar-refractivity contribution in [1.82, 2.24) is 30.2 Å². The zero-order chi connectivity index (χ0) is 48.2. The van der Waals surface area contributed by atoms with E-state index in [9.17, 15) is 38.0 Å². The average Bonchev–Trinajstić information content (AvgIpc) is 3.85. The second kappa shape index (κ2) is 20.7. The van der Waals surface area contributed by atoms with Gasteiger partial charge in [-0.25, -0.2) is 4.39 Å². The molecule has 0 spiro atoms. The SMILES string of the molecule is C[C@@H]1CN(C(=O)c2ccc(NC(=O)c3cc4c(nn3)N[C@H](c3c(Cl)ccc(F)c3Cl)O4)cc2)C[C@H](C)N1C(=O)CCCCCCCCCNc1cccc2c1C(=O)N(C1CCC(=O)NC1=O)C2=O. The highest BCUT2D eigenvalue weighted by Gasteiger charge is 2.45. The van der Waals surface area contributed by atoms with Gasteiger partial charge in [-0.05, 0) is 81.6 Å². The smallest absolute Gasteiger partial charge is 0.276 e. The van der Waals surface area contributed by atoms with E-state index in [1.165, 1.54) is 12.1 Å². The summed E-state index contributed by atoms with van der Waals surface area (Å²) < 4.78 is 20.0. The number of carbonyl (C=O) groups is 7. The van der Waals surface area contributed by atoms with Crippen LogP contribution in [0.3, 0.4) is 0 Å². The average molecular weight is 971 g/mol. The maximum Gasteiger partial charge on any atom is 0.276 e. The minimum absolute atomic E-state index is 0.0462. The van der Waals surface area contributed by atoms with E-state index in [0.29, 0.717) is 43.0 Å². The molecule has 0 aliphatic carbocycles. The maximum atomic E-state index is 14.1. The van der Waals surface area contributed by atoms with Crippen molar-refractivity contribution in [2.24, 2.45) is 0 Å². The van der Waals surface area contributed by atoms with Crippen LogP contribution < -0.4 is 26.0 Å². The molecule has 7 amide bonds. The molecule has 8 rings (SSSR count). The first-order valence-corrected chi connectivity index (χ1v) is 23.5. The zero-order valence-corrected chi connectivity index (χ0v) is 38.9. The Morgan fingerprint density at radius 2 is 1.57 bits per heavy atom. The molecule has 0 saturated carbocycles. The third-order valence-corrected chi connectivity index (χ3v) is 13.3. The third kappa shape index (κ3) is 10.1. The van der Waals surface area contributed by atoms with Gasteiger partial charge >= 0.3 is 0 Å². The van der Waals surface area contributed by atoms with Crippen LogP contribution in [-0.4, -0.2) is 104 Å². The summed E-state index contributed by atoms with van der Waals surface area (Å²) >= 11 is 12.4. The summed E-state index contributed by atoms with van der Waals surface area (Å²) in [5.41, 5.74) is 2.04. The van der Waals surface area contributed by atoms with E-state index in [1.54, 1.807) is 47.4 Å². The number of aromatic nitrogens is 2. The zero-order valence-electron chi connectivity index (χ0n) is 37.4. The van der Waals surface area contributed by atoms with Gasteiger partial charge in [-0.1, -0.05) is 61.4 Å². The molecule has 0 bridgehead atoms. The van der Waals surface area contributed by atoms with Gasteiger partial charge in [0.2, 0.25) is 23.9 Å². The third-order valence-electron chi connectivity index (χ3n) is 12.6. The number of halogens is 3. The van der Waals surface area contributed by atoms with Gasteiger partial charge in [-0.2, -0.15) is 0 Å². The Kier molecular flexibility index (Phi) is 14.5. The molecule has 2 saturated heterocycles. The molecule has 4 aromatic rings. The number of imide groups is 2. The first-order valence-electron chi connectivity index (χ1n) is 22.7. The van der Waals surface area contributed by atoms with E-state index in [-0.39, 0.29) is 80.7 Å². The number of ether oxygens (including phenoxy) is 1. The van der Waals surface area contributed by atoms with Crippen LogP contribution in [0.4, 0.5) is 21.6 Å². The standard InChI is InChI=1S/C48H50Cl2FN9O8/c1-26-24-58(46(65)28-14-16-29(17-15-28)53-43(63)34-23-36-42(57-56-34)55-45(68-36)40-31(49)18-19-32(51)41(40)50)25-27(2)59(26)38(62)13-8-6-4-3-5-7-9-22-52-33-12-10-11-30-39(33)48(67)60(47(30)66)35-20-21-37(61)54-44(35)64/h10-12,14-19,23,26-27,35,45,52H,3-9,13,20-22,24-25H2,1-2H3,(H,53,63)(H,55,57)(H,54,61,64)/t26-,27+,35?,45-/m0/s1. The number of amides is 7. The lowest BCUT2D eigenvalue weighted by atomic mass is 10.0. The van der Waals surface area contributed by atoms with E-state index >= 15 is 0 Å². The fraction of sp³-hybridized carbons (Fsp3) is 0.396. The predicted octanol–water partition coefficient (Wildman–Crippen LogP) is 7.37. The number of anilines is 3. The summed E-state index contributed by atoms with van der Waals surface area (Å²) in [5.74, 6) is -3.04. The molecule has 1 aromatic heterocycles. The van der Waals surface area contributed by atoms with E-state index in [1.807, 2.05) is 18.7 Å². The second-order valence-electron chi connectivity index (χ2n) is 17.4. The van der Waals surface area contributed by atoms with Crippen molar-refractivity contribution in [3.63, 3.8) is 0 Å². The van der Waals surface area contributed by atoms with Gasteiger partial charge in [-0.15, -0.1) is 10.2 Å². The first kappa shape index (κ1) is 47.8. The first-order chi connectivity index (χ1) is 32.7. The van der Waals surface area contributed by atoms with Crippen molar-refractivity contribution in [2.75, 3.05) is 35.6 Å². The number of rotatable bonds is 16. The Bertz CT molecular complexity index is 2660. The maximum absolute atomic E-state index is 14.1. The molecule has 2 fully saturated rings. The number of benzene rings is 3. The number of carbonyl (C=O) groups excluding carboxylic acids is 7. The van der Waals surface area contributed by atoms with Crippen molar-refractivity contribution < 1.29 is 42.7 Å². The molecule has 4 N–H and O–H groups in total. The van der Waals surface area contributed by atoms with Crippen LogP contribution in [0, 0.1) is 5.82 Å². The van der Waals surface area contributed by atoms with E-state index < -0.39 is 47.6 Å². The van der Waals surface area contributed by atoms with E-state index in [0.717, 1.165) is 55.9 Å². The van der Waals surface area contributed by atoms with Crippen molar-refractivity contribution >= 4 is 81.7 Å². The Morgan fingerprint density at radius 3 is 2.29 bits per heavy atom. The largest absolute Gasteiger partial charge is 0.462 e. The number of hydrogen-bond acceptors (Lipinski definition) is 12. The highest BCUT2D eigenvalue weighted by Crippen LogP contribution is 2.42. The van der Waals surface area contributed by atoms with Gasteiger partial charge in [0.1, 0.15) is 11.9 Å². The Labute approximate surface area is 401 Å². The Balaban J connectivity index is 0.717. The fourth-order valence-electron chi connectivity index (χ4n) is 9.22. The van der Waals surface area contributed by atoms with Crippen LogP contribution in [-0.2, 0) is 14.4 Å². The fourth-order valence-corrected chi connectivity index (χ4v) is 9.79. The van der Waals surface area contributed by atoms with Crippen LogP contribution in [0.15, 0.2) is 60.7 Å². The molecular formula is C48H50Cl2FN9O8. The lowest BCUT2D eigenvalue weighted by Crippen LogP contribution is -2.59. The molecule has 5 heterocycles. The summed E-state index contributed by atoms with van der Waals surface area (Å²) in [6, 6.07) is 14.1. The van der Waals surface area contributed by atoms with Crippen LogP contribution in [0.5, 0.6) is 5.75 Å². The molecule has 1 unspecified atom stereocenters. The molecule has 4 aliphatic heterocycles. The molecule has 4 atom stereocenters. The lowest BCUT2D eigenvalue weighted by molar-refractivity contribution is -0.139. The molecule has 20 heteroatoms. The number of piperazine rings is 1. The van der Waals surface area contributed by atoms with Crippen LogP contribution in [0.2, 0.25) is 10.0 Å². The van der Waals surface area contributed by atoms with Gasteiger partial charge in [0, 0.05) is 67.6 Å². The van der Waals surface area contributed by atoms with Crippen molar-refractivity contribution in [3.8, 4) is 5.75 Å². The molecule has 0 radical (unpaired) electrons.